The Labute approximate surface area is 56.2 Å². The van der Waals surface area contributed by atoms with Gasteiger partial charge in [0.15, 0.2) is 11.5 Å². The maximum absolute atomic E-state index is 8.99. The highest BCUT2D eigenvalue weighted by molar-refractivity contribution is 6.34. The van der Waals surface area contributed by atoms with Crippen LogP contribution in [0.15, 0.2) is 18.2 Å². The second-order valence-electron chi connectivity index (χ2n) is 1.94. The van der Waals surface area contributed by atoms with Gasteiger partial charge in [-0.15, -0.1) is 0 Å². The molecule has 9 heavy (non-hydrogen) atoms. The highest BCUT2D eigenvalue weighted by Gasteiger charge is 1.97. The number of hydrogen-bond donors (Lipinski definition) is 2. The Bertz CT molecular complexity index is 202. The molecule has 0 aliphatic carbocycles. The third-order valence-electron chi connectivity index (χ3n) is 1.22. The Hall–Kier alpha value is -0.963. The van der Waals surface area contributed by atoms with Gasteiger partial charge in [0.25, 0.3) is 0 Å². The summed E-state index contributed by atoms with van der Waals surface area (Å²) < 4.78 is 0. The van der Waals surface area contributed by atoms with E-state index in [1.165, 1.54) is 6.07 Å². The van der Waals surface area contributed by atoms with Crippen molar-refractivity contribution in [3.63, 3.8) is 0 Å². The lowest BCUT2D eigenvalue weighted by Gasteiger charge is -1.98. The van der Waals surface area contributed by atoms with Gasteiger partial charge in [-0.2, -0.15) is 0 Å². The fraction of sp³-hybridized carbons (Fsp3) is 0. The molecular formula is C6H8O2Si. The monoisotopic (exact) mass is 140 g/mol. The van der Waals surface area contributed by atoms with Gasteiger partial charge >= 0.3 is 0 Å². The summed E-state index contributed by atoms with van der Waals surface area (Å²) in [5.41, 5.74) is 0. The van der Waals surface area contributed by atoms with E-state index in [4.69, 9.17) is 10.2 Å². The van der Waals surface area contributed by atoms with Gasteiger partial charge in [0.05, 0.1) is 0 Å². The number of para-hydroxylation sites is 1. The third kappa shape index (κ3) is 1.05. The fourth-order valence-corrected chi connectivity index (χ4v) is 1.09. The first kappa shape index (κ1) is 6.16. The van der Waals surface area contributed by atoms with Gasteiger partial charge in [0.1, 0.15) is 0 Å². The van der Waals surface area contributed by atoms with Crippen LogP contribution in [0.3, 0.4) is 0 Å². The van der Waals surface area contributed by atoms with Crippen LogP contribution in [0.2, 0.25) is 0 Å². The molecule has 1 rings (SSSR count). The summed E-state index contributed by atoms with van der Waals surface area (Å²) in [6.07, 6.45) is 0. The maximum Gasteiger partial charge on any atom is 0.157 e. The van der Waals surface area contributed by atoms with Crippen molar-refractivity contribution in [3.05, 3.63) is 18.2 Å². The summed E-state index contributed by atoms with van der Waals surface area (Å²) in [5.74, 6) is 0.00617. The largest absolute Gasteiger partial charge is 0.504 e. The zero-order valence-corrected chi connectivity index (χ0v) is 7.13. The minimum atomic E-state index is -0.0255. The molecule has 3 heteroatoms. The zero-order valence-electron chi connectivity index (χ0n) is 5.13. The Morgan fingerprint density at radius 2 is 1.89 bits per heavy atom. The molecule has 0 aliphatic heterocycles. The van der Waals surface area contributed by atoms with Crippen LogP contribution < -0.4 is 5.19 Å². The van der Waals surface area contributed by atoms with Crippen molar-refractivity contribution in [2.75, 3.05) is 0 Å². The average molecular weight is 140 g/mol. The zero-order chi connectivity index (χ0) is 6.85. The van der Waals surface area contributed by atoms with Crippen molar-refractivity contribution >= 4 is 15.4 Å². The molecule has 0 radical (unpaired) electrons. The number of rotatable bonds is 0. The van der Waals surface area contributed by atoms with Crippen molar-refractivity contribution in [1.29, 1.82) is 0 Å². The molecule has 1 aromatic rings. The van der Waals surface area contributed by atoms with Crippen LogP contribution in [-0.2, 0) is 0 Å². The van der Waals surface area contributed by atoms with Crippen molar-refractivity contribution in [2.24, 2.45) is 0 Å². The molecule has 0 saturated heterocycles. The van der Waals surface area contributed by atoms with E-state index in [9.17, 15) is 0 Å². The van der Waals surface area contributed by atoms with Gasteiger partial charge in [-0.05, 0) is 11.3 Å². The second-order valence-corrected chi connectivity index (χ2v) is 3.02. The van der Waals surface area contributed by atoms with Gasteiger partial charge in [-0.3, -0.25) is 0 Å². The van der Waals surface area contributed by atoms with E-state index in [0.29, 0.717) is 0 Å². The van der Waals surface area contributed by atoms with Crippen LogP contribution >= 0.6 is 0 Å². The molecule has 1 aromatic carbocycles. The number of phenols is 2. The summed E-state index contributed by atoms with van der Waals surface area (Å²) in [6, 6.07) is 4.98. The van der Waals surface area contributed by atoms with E-state index in [2.05, 4.69) is 0 Å². The lowest BCUT2D eigenvalue weighted by molar-refractivity contribution is 0.407. The predicted molar refractivity (Wildman–Crippen MR) is 39.3 cm³/mol. The first-order valence-electron chi connectivity index (χ1n) is 2.69. The van der Waals surface area contributed by atoms with Crippen molar-refractivity contribution < 1.29 is 10.2 Å². The first-order valence-corrected chi connectivity index (χ1v) is 3.69. The Balaban J connectivity index is 3.25. The predicted octanol–water partition coefficient (Wildman–Crippen LogP) is -0.911. The van der Waals surface area contributed by atoms with Crippen LogP contribution in [0.4, 0.5) is 0 Å². The quantitative estimate of drug-likeness (QED) is 0.362. The summed E-state index contributed by atoms with van der Waals surface area (Å²) in [6.45, 7) is 0. The van der Waals surface area contributed by atoms with E-state index < -0.39 is 0 Å². The van der Waals surface area contributed by atoms with E-state index >= 15 is 0 Å². The van der Waals surface area contributed by atoms with Crippen LogP contribution in [0.25, 0.3) is 0 Å². The van der Waals surface area contributed by atoms with Gasteiger partial charge in [-0.25, -0.2) is 0 Å². The number of benzene rings is 1. The number of aromatic hydroxyl groups is 2. The van der Waals surface area contributed by atoms with E-state index in [1.54, 1.807) is 12.1 Å². The molecule has 0 aromatic heterocycles. The van der Waals surface area contributed by atoms with Crippen LogP contribution in [0, 0.1) is 0 Å². The molecule has 0 aliphatic rings. The molecule has 0 bridgehead atoms. The van der Waals surface area contributed by atoms with E-state index in [-0.39, 0.29) is 11.5 Å². The summed E-state index contributed by atoms with van der Waals surface area (Å²) in [7, 11) is 0.765. The molecule has 48 valence electrons. The standard InChI is InChI=1S/C6H8O2Si/c7-4-2-1-3-5(9)6(4)8/h1-3,7-8H,9H3. The topological polar surface area (TPSA) is 40.5 Å². The fourth-order valence-electron chi connectivity index (χ4n) is 0.643. The molecule has 0 saturated carbocycles. The SMILES string of the molecule is Oc1cccc([SiH3])c1O. The molecule has 0 spiro atoms. The van der Waals surface area contributed by atoms with Crippen molar-refractivity contribution in [1.82, 2.24) is 0 Å². The molecule has 0 heterocycles. The molecule has 2 nitrogen and oxygen atoms in total. The summed E-state index contributed by atoms with van der Waals surface area (Å²) >= 11 is 0. The first-order chi connectivity index (χ1) is 4.22. The molecule has 0 fully saturated rings. The number of phenolic OH excluding ortho intramolecular Hbond substituents is 2. The third-order valence-corrected chi connectivity index (χ3v) is 2.02. The van der Waals surface area contributed by atoms with Crippen molar-refractivity contribution in [2.45, 2.75) is 0 Å². The summed E-state index contributed by atoms with van der Waals surface area (Å²) in [5, 5.41) is 18.7. The lowest BCUT2D eigenvalue weighted by Crippen LogP contribution is -2.00. The smallest absolute Gasteiger partial charge is 0.157 e. The van der Waals surface area contributed by atoms with Crippen LogP contribution in [-0.4, -0.2) is 20.5 Å². The van der Waals surface area contributed by atoms with Gasteiger partial charge < -0.3 is 10.2 Å². The molecule has 0 unspecified atom stereocenters. The average Bonchev–Trinajstić information content (AvgIpc) is 1.83. The molecule has 2 N–H and O–H groups in total. The minimum absolute atomic E-state index is 0.0255. The van der Waals surface area contributed by atoms with Gasteiger partial charge in [0.2, 0.25) is 0 Å². The van der Waals surface area contributed by atoms with E-state index in [0.717, 1.165) is 15.4 Å². The lowest BCUT2D eigenvalue weighted by atomic mass is 10.3. The van der Waals surface area contributed by atoms with Gasteiger partial charge in [0, 0.05) is 10.2 Å². The second kappa shape index (κ2) is 2.11. The van der Waals surface area contributed by atoms with Crippen LogP contribution in [0.1, 0.15) is 0 Å². The maximum atomic E-state index is 8.99. The molecular weight excluding hydrogens is 132 g/mol. The van der Waals surface area contributed by atoms with Gasteiger partial charge in [-0.1, -0.05) is 12.1 Å². The van der Waals surface area contributed by atoms with Crippen LogP contribution in [0.5, 0.6) is 11.5 Å². The Kier molecular flexibility index (Phi) is 1.44. The molecule has 0 amide bonds. The van der Waals surface area contributed by atoms with E-state index in [1.807, 2.05) is 0 Å². The molecule has 0 atom stereocenters. The number of hydrogen-bond acceptors (Lipinski definition) is 2. The highest BCUT2D eigenvalue weighted by atomic mass is 28.1. The summed E-state index contributed by atoms with van der Waals surface area (Å²) in [4.78, 5) is 0. The highest BCUT2D eigenvalue weighted by Crippen LogP contribution is 2.18. The Morgan fingerprint density at radius 3 is 2.33 bits per heavy atom. The minimum Gasteiger partial charge on any atom is -0.504 e. The normalized spacial score (nSPS) is 9.78. The van der Waals surface area contributed by atoms with Crippen molar-refractivity contribution in [3.8, 4) is 11.5 Å². The Morgan fingerprint density at radius 1 is 1.22 bits per heavy atom.